The van der Waals surface area contributed by atoms with Gasteiger partial charge in [-0.15, -0.1) is 4.91 Å². The van der Waals surface area contributed by atoms with Gasteiger partial charge in [-0.1, -0.05) is 61.3 Å². The molecule has 0 aromatic heterocycles. The molecule has 0 aliphatic heterocycles. The predicted molar refractivity (Wildman–Crippen MR) is 150 cm³/mol. The first-order valence-electron chi connectivity index (χ1n) is 12.3. The second-order valence-electron chi connectivity index (χ2n) is 8.88. The molecule has 0 heterocycles. The Morgan fingerprint density at radius 2 is 1.88 bits per heavy atom. The van der Waals surface area contributed by atoms with E-state index in [4.69, 9.17) is 0 Å². The number of aryl methyl sites for hydroxylation is 1. The monoisotopic (exact) mass is 482 g/mol. The molecule has 0 aliphatic carbocycles. The number of unbranched alkanes of at least 4 members (excludes halogenated alkanes) is 2. The summed E-state index contributed by atoms with van der Waals surface area (Å²) in [6, 6.07) is 1.83. The van der Waals surface area contributed by atoms with Crippen LogP contribution in [0.15, 0.2) is 57.7 Å². The molecular weight excluding hydrogens is 440 g/mol. The third-order valence-electron chi connectivity index (χ3n) is 5.77. The van der Waals surface area contributed by atoms with Gasteiger partial charge in [-0.3, -0.25) is 9.52 Å². The maximum atomic E-state index is 13.3. The molecule has 0 saturated carbocycles. The third-order valence-corrected chi connectivity index (χ3v) is 6.66. The van der Waals surface area contributed by atoms with E-state index in [9.17, 15) is 9.70 Å². The molecule has 0 radical (unpaired) electrons. The second-order valence-corrected chi connectivity index (χ2v) is 9.76. The van der Waals surface area contributed by atoms with E-state index >= 15 is 0 Å². The van der Waals surface area contributed by atoms with Gasteiger partial charge in [0.15, 0.2) is 0 Å². The van der Waals surface area contributed by atoms with Crippen LogP contribution in [0.25, 0.3) is 0 Å². The highest BCUT2D eigenvalue weighted by Gasteiger charge is 2.21. The lowest BCUT2D eigenvalue weighted by Gasteiger charge is -2.17. The number of nitroso groups, excluding NO2 is 1. The second kappa shape index (κ2) is 16.3. The van der Waals surface area contributed by atoms with E-state index in [2.05, 4.69) is 49.7 Å². The topological polar surface area (TPSA) is 58.5 Å². The van der Waals surface area contributed by atoms with Crippen LogP contribution in [0.5, 0.6) is 0 Å². The normalized spacial score (nSPS) is 12.2. The first kappa shape index (κ1) is 29.6. The van der Waals surface area contributed by atoms with E-state index in [1.54, 1.807) is 0 Å². The zero-order valence-corrected chi connectivity index (χ0v) is 22.9. The van der Waals surface area contributed by atoms with E-state index in [1.165, 1.54) is 23.1 Å². The lowest BCUT2D eigenvalue weighted by molar-refractivity contribution is 0.0983. The molecule has 1 amide bonds. The number of rotatable bonds is 14. The van der Waals surface area contributed by atoms with Crippen LogP contribution in [-0.4, -0.2) is 5.91 Å². The molecule has 1 aromatic carbocycles. The molecule has 0 saturated heterocycles. The summed E-state index contributed by atoms with van der Waals surface area (Å²) in [5, 5.41) is 3.35. The SMILES string of the molecule is C/C=C\C(=C/C)SNC(=O)c1c(CCCCC)cc(N=O)c(C/C=C(\C)CCC=C(C)C)c1C. The minimum Gasteiger partial charge on any atom is -0.292 e. The Morgan fingerprint density at radius 3 is 2.47 bits per heavy atom. The molecular formula is C29H42N2O2S. The summed E-state index contributed by atoms with van der Waals surface area (Å²) in [6.45, 7) is 14.3. The number of amides is 1. The van der Waals surface area contributed by atoms with Crippen molar-refractivity contribution in [3.63, 3.8) is 0 Å². The highest BCUT2D eigenvalue weighted by atomic mass is 32.2. The number of nitrogens with one attached hydrogen (secondary N) is 1. The van der Waals surface area contributed by atoms with E-state index in [-0.39, 0.29) is 5.91 Å². The maximum Gasteiger partial charge on any atom is 0.261 e. The molecule has 0 unspecified atom stereocenters. The molecule has 0 spiro atoms. The molecule has 186 valence electrons. The Kier molecular flexibility index (Phi) is 14.2. The van der Waals surface area contributed by atoms with Gasteiger partial charge < -0.3 is 0 Å². The van der Waals surface area contributed by atoms with Crippen molar-refractivity contribution in [3.05, 3.63) is 79.7 Å². The highest BCUT2D eigenvalue weighted by Crippen LogP contribution is 2.32. The largest absolute Gasteiger partial charge is 0.292 e. The zero-order chi connectivity index (χ0) is 25.5. The van der Waals surface area contributed by atoms with Gasteiger partial charge in [-0.2, -0.15) is 0 Å². The zero-order valence-electron chi connectivity index (χ0n) is 22.1. The van der Waals surface area contributed by atoms with Crippen LogP contribution in [0.1, 0.15) is 101 Å². The van der Waals surface area contributed by atoms with Gasteiger partial charge in [0.2, 0.25) is 0 Å². The number of benzene rings is 1. The molecule has 1 aromatic rings. The fraction of sp³-hybridized carbons (Fsp3) is 0.483. The standard InChI is InChI=1S/C29H42N2O2S/c1-8-11-12-17-24-20-27(30-33)26(19-18-22(6)16-13-15-21(4)5)23(7)28(24)29(32)31-34-25(10-3)14-9-2/h9-10,14-15,18,20H,8,11-13,16-17,19H2,1-7H3,(H,31,32)/b14-9-,22-18+,25-10+. The van der Waals surface area contributed by atoms with Gasteiger partial charge in [-0.25, -0.2) is 0 Å². The van der Waals surface area contributed by atoms with Crippen LogP contribution >= 0.6 is 11.9 Å². The average Bonchev–Trinajstić information content (AvgIpc) is 2.80. The Bertz CT molecular complexity index is 951. The summed E-state index contributed by atoms with van der Waals surface area (Å²) in [7, 11) is 0. The average molecular weight is 483 g/mol. The minimum atomic E-state index is -0.124. The number of carbonyl (C=O) groups is 1. The first-order chi connectivity index (χ1) is 16.3. The molecule has 0 bridgehead atoms. The predicted octanol–water partition coefficient (Wildman–Crippen LogP) is 9.22. The first-order valence-corrected chi connectivity index (χ1v) is 13.1. The fourth-order valence-electron chi connectivity index (χ4n) is 3.80. The highest BCUT2D eigenvalue weighted by molar-refractivity contribution is 8.01. The van der Waals surface area contributed by atoms with E-state index in [0.29, 0.717) is 17.7 Å². The van der Waals surface area contributed by atoms with Crippen molar-refractivity contribution in [1.29, 1.82) is 0 Å². The van der Waals surface area contributed by atoms with Gasteiger partial charge in [0, 0.05) is 10.5 Å². The van der Waals surface area contributed by atoms with Crippen molar-refractivity contribution in [2.75, 3.05) is 0 Å². The summed E-state index contributed by atoms with van der Waals surface area (Å²) in [5.41, 5.74) is 6.31. The molecule has 1 rings (SSSR count). The Labute approximate surface area is 211 Å². The van der Waals surface area contributed by atoms with Crippen molar-refractivity contribution < 1.29 is 4.79 Å². The maximum absolute atomic E-state index is 13.3. The van der Waals surface area contributed by atoms with Crippen LogP contribution in [0.4, 0.5) is 5.69 Å². The van der Waals surface area contributed by atoms with Gasteiger partial charge >= 0.3 is 0 Å². The van der Waals surface area contributed by atoms with Gasteiger partial charge in [0.05, 0.1) is 0 Å². The van der Waals surface area contributed by atoms with Crippen LogP contribution in [-0.2, 0) is 12.8 Å². The van der Waals surface area contributed by atoms with E-state index in [0.717, 1.165) is 60.1 Å². The molecule has 34 heavy (non-hydrogen) atoms. The molecule has 0 fully saturated rings. The fourth-order valence-corrected chi connectivity index (χ4v) is 4.44. The summed E-state index contributed by atoms with van der Waals surface area (Å²) < 4.78 is 3.00. The summed E-state index contributed by atoms with van der Waals surface area (Å²) in [5.74, 6) is -0.124. The molecule has 0 aliphatic rings. The Balaban J connectivity index is 3.32. The number of carbonyl (C=O) groups excluding carboxylic acids is 1. The van der Waals surface area contributed by atoms with Gasteiger partial charge in [0.1, 0.15) is 5.69 Å². The van der Waals surface area contributed by atoms with Gasteiger partial charge in [-0.05, 0) is 114 Å². The smallest absolute Gasteiger partial charge is 0.261 e. The molecule has 4 nitrogen and oxygen atoms in total. The van der Waals surface area contributed by atoms with E-state index < -0.39 is 0 Å². The quantitative estimate of drug-likeness (QED) is 0.0945. The number of hydrogen-bond donors (Lipinski definition) is 1. The van der Waals surface area contributed by atoms with Gasteiger partial charge in [0.25, 0.3) is 5.91 Å². The summed E-state index contributed by atoms with van der Waals surface area (Å²) >= 11 is 1.31. The molecule has 5 heteroatoms. The number of hydrogen-bond acceptors (Lipinski definition) is 4. The molecule has 0 atom stereocenters. The number of allylic oxidation sites excluding steroid dienone is 7. The van der Waals surface area contributed by atoms with Crippen molar-refractivity contribution in [1.82, 2.24) is 4.72 Å². The van der Waals surface area contributed by atoms with Crippen molar-refractivity contribution in [3.8, 4) is 0 Å². The van der Waals surface area contributed by atoms with Crippen molar-refractivity contribution in [2.24, 2.45) is 5.18 Å². The summed E-state index contributed by atoms with van der Waals surface area (Å²) in [6.07, 6.45) is 16.8. The van der Waals surface area contributed by atoms with Crippen LogP contribution in [0.2, 0.25) is 0 Å². The van der Waals surface area contributed by atoms with E-state index in [1.807, 2.05) is 45.1 Å². The van der Waals surface area contributed by atoms with Crippen molar-refractivity contribution in [2.45, 2.75) is 93.4 Å². The van der Waals surface area contributed by atoms with Crippen LogP contribution < -0.4 is 4.72 Å². The van der Waals surface area contributed by atoms with Crippen molar-refractivity contribution >= 4 is 23.5 Å². The lowest BCUT2D eigenvalue weighted by atomic mass is 9.90. The Morgan fingerprint density at radius 1 is 1.15 bits per heavy atom. The molecule has 1 N–H and O–H groups in total. The Hall–Kier alpha value is -2.40. The third kappa shape index (κ3) is 9.84. The lowest BCUT2D eigenvalue weighted by Crippen LogP contribution is -2.20. The van der Waals surface area contributed by atoms with Crippen LogP contribution in [0.3, 0.4) is 0 Å². The minimum absolute atomic E-state index is 0.124. The number of nitrogens with zero attached hydrogens (tertiary/aromatic N) is 1. The van der Waals surface area contributed by atoms with Crippen LogP contribution in [0, 0.1) is 11.8 Å². The summed E-state index contributed by atoms with van der Waals surface area (Å²) in [4.78, 5) is 26.1.